The highest BCUT2D eigenvalue weighted by atomic mass is 16.5. The zero-order chi connectivity index (χ0) is 23.3. The molecule has 33 heavy (non-hydrogen) atoms. The third-order valence-corrected chi connectivity index (χ3v) is 6.27. The Morgan fingerprint density at radius 3 is 2.70 bits per heavy atom. The number of nitrogens with zero attached hydrogens (tertiary/aromatic N) is 1. The number of aromatic nitrogens is 1. The van der Waals surface area contributed by atoms with Gasteiger partial charge in [-0.2, -0.15) is 4.73 Å². The molecule has 1 N–H and O–H groups in total. The second-order valence-corrected chi connectivity index (χ2v) is 9.70. The van der Waals surface area contributed by atoms with Crippen molar-refractivity contribution in [2.45, 2.75) is 45.8 Å². The maximum Gasteiger partial charge on any atom is 0.235 e. The molecular formula is C28H29NO4. The van der Waals surface area contributed by atoms with Gasteiger partial charge in [0, 0.05) is 18.1 Å². The van der Waals surface area contributed by atoms with Gasteiger partial charge in [-0.1, -0.05) is 30.3 Å². The molecule has 0 radical (unpaired) electrons. The SMILES string of the molecule is Cc1cc2ccccc2c(-c2ccc3c4c(cc[n+]([O-])c24)CCO3)c1[C@@H](CO)OC(C)(C)C. The molecule has 0 bridgehead atoms. The van der Waals surface area contributed by atoms with Crippen molar-refractivity contribution in [1.29, 1.82) is 0 Å². The Bertz CT molecular complexity index is 1360. The number of rotatable bonds is 4. The minimum absolute atomic E-state index is 0.162. The van der Waals surface area contributed by atoms with E-state index in [-0.39, 0.29) is 6.61 Å². The zero-order valence-electron chi connectivity index (χ0n) is 19.5. The van der Waals surface area contributed by atoms with Crippen molar-refractivity contribution in [3.8, 4) is 16.9 Å². The highest BCUT2D eigenvalue weighted by Gasteiger charge is 2.29. The molecule has 2 heterocycles. The van der Waals surface area contributed by atoms with Crippen LogP contribution >= 0.6 is 0 Å². The highest BCUT2D eigenvalue weighted by molar-refractivity contribution is 6.07. The molecule has 0 unspecified atom stereocenters. The van der Waals surface area contributed by atoms with Crippen LogP contribution in [0.3, 0.4) is 0 Å². The van der Waals surface area contributed by atoms with E-state index in [1.165, 1.54) is 0 Å². The summed E-state index contributed by atoms with van der Waals surface area (Å²) in [6.07, 6.45) is 1.82. The van der Waals surface area contributed by atoms with Crippen molar-refractivity contribution in [2.75, 3.05) is 13.2 Å². The fraction of sp³-hybridized carbons (Fsp3) is 0.321. The van der Waals surface area contributed by atoms with Gasteiger partial charge in [-0.25, -0.2) is 0 Å². The summed E-state index contributed by atoms with van der Waals surface area (Å²) in [7, 11) is 0. The van der Waals surface area contributed by atoms with Gasteiger partial charge in [-0.3, -0.25) is 0 Å². The first-order valence-corrected chi connectivity index (χ1v) is 11.4. The maximum atomic E-state index is 13.2. The zero-order valence-corrected chi connectivity index (χ0v) is 19.5. The van der Waals surface area contributed by atoms with Gasteiger partial charge in [-0.05, 0) is 67.3 Å². The summed E-state index contributed by atoms with van der Waals surface area (Å²) in [5.41, 5.74) is 4.92. The molecule has 170 valence electrons. The van der Waals surface area contributed by atoms with Gasteiger partial charge < -0.3 is 19.8 Å². The van der Waals surface area contributed by atoms with Crippen LogP contribution in [0.5, 0.6) is 5.75 Å². The van der Waals surface area contributed by atoms with E-state index < -0.39 is 11.7 Å². The topological polar surface area (TPSA) is 65.6 Å². The molecule has 1 aliphatic heterocycles. The van der Waals surface area contributed by atoms with Crippen LogP contribution in [0.25, 0.3) is 32.8 Å². The van der Waals surface area contributed by atoms with E-state index in [9.17, 15) is 10.3 Å². The number of hydrogen-bond donors (Lipinski definition) is 1. The number of pyridine rings is 1. The molecular weight excluding hydrogens is 414 g/mol. The Kier molecular flexibility index (Phi) is 5.26. The van der Waals surface area contributed by atoms with Gasteiger partial charge in [0.25, 0.3) is 0 Å². The van der Waals surface area contributed by atoms with Crippen molar-refractivity contribution < 1.29 is 19.3 Å². The number of aliphatic hydroxyl groups is 1. The van der Waals surface area contributed by atoms with Gasteiger partial charge in [0.15, 0.2) is 6.20 Å². The van der Waals surface area contributed by atoms with E-state index in [0.717, 1.165) is 60.9 Å². The average molecular weight is 444 g/mol. The van der Waals surface area contributed by atoms with Crippen LogP contribution in [0.15, 0.2) is 54.7 Å². The molecule has 1 aromatic heterocycles. The number of ether oxygens (including phenoxy) is 2. The lowest BCUT2D eigenvalue weighted by Crippen LogP contribution is -2.29. The summed E-state index contributed by atoms with van der Waals surface area (Å²) in [5, 5.41) is 26.6. The first-order valence-electron chi connectivity index (χ1n) is 11.4. The minimum Gasteiger partial charge on any atom is -0.618 e. The van der Waals surface area contributed by atoms with Crippen LogP contribution in [-0.2, 0) is 11.2 Å². The molecule has 0 saturated carbocycles. The van der Waals surface area contributed by atoms with E-state index in [0.29, 0.717) is 12.1 Å². The Labute approximate surface area is 193 Å². The largest absolute Gasteiger partial charge is 0.618 e. The summed E-state index contributed by atoms with van der Waals surface area (Å²) in [6, 6.07) is 16.1. The van der Waals surface area contributed by atoms with Crippen molar-refractivity contribution in [2.24, 2.45) is 0 Å². The summed E-state index contributed by atoms with van der Waals surface area (Å²) >= 11 is 0. The number of fused-ring (bicyclic) bond motifs is 1. The predicted octanol–water partition coefficient (Wildman–Crippen LogP) is 5.39. The van der Waals surface area contributed by atoms with E-state index in [2.05, 4.69) is 18.2 Å². The van der Waals surface area contributed by atoms with Gasteiger partial charge in [-0.15, -0.1) is 0 Å². The van der Waals surface area contributed by atoms with Crippen molar-refractivity contribution in [3.63, 3.8) is 0 Å². The van der Waals surface area contributed by atoms with Gasteiger partial charge in [0.05, 0.1) is 29.8 Å². The van der Waals surface area contributed by atoms with E-state index >= 15 is 0 Å². The lowest BCUT2D eigenvalue weighted by atomic mass is 9.85. The molecule has 5 nitrogen and oxygen atoms in total. The third-order valence-electron chi connectivity index (χ3n) is 6.27. The average Bonchev–Trinajstić information content (AvgIpc) is 2.78. The fourth-order valence-corrected chi connectivity index (χ4v) is 5.05. The molecule has 0 spiro atoms. The smallest absolute Gasteiger partial charge is 0.235 e. The normalized spacial score (nSPS) is 14.5. The Hall–Kier alpha value is -3.15. The number of hydrogen-bond acceptors (Lipinski definition) is 4. The Morgan fingerprint density at radius 2 is 1.94 bits per heavy atom. The van der Waals surface area contributed by atoms with Crippen molar-refractivity contribution in [3.05, 3.63) is 76.6 Å². The van der Waals surface area contributed by atoms with Crippen LogP contribution in [0.2, 0.25) is 0 Å². The predicted molar refractivity (Wildman–Crippen MR) is 130 cm³/mol. The molecule has 5 rings (SSSR count). The van der Waals surface area contributed by atoms with Crippen molar-refractivity contribution in [1.82, 2.24) is 0 Å². The number of aryl methyl sites for hydroxylation is 1. The molecule has 1 atom stereocenters. The Morgan fingerprint density at radius 1 is 1.15 bits per heavy atom. The lowest BCUT2D eigenvalue weighted by molar-refractivity contribution is -0.576. The van der Waals surface area contributed by atoms with Crippen LogP contribution in [0.4, 0.5) is 0 Å². The third kappa shape index (κ3) is 3.71. The summed E-state index contributed by atoms with van der Waals surface area (Å²) in [5.74, 6) is 0.739. The monoisotopic (exact) mass is 443 g/mol. The Balaban J connectivity index is 1.91. The quantitative estimate of drug-likeness (QED) is 0.339. The van der Waals surface area contributed by atoms with E-state index in [1.807, 2.05) is 58.0 Å². The van der Waals surface area contributed by atoms with E-state index in [1.54, 1.807) is 6.20 Å². The molecule has 5 heteroatoms. The lowest BCUT2D eigenvalue weighted by Gasteiger charge is -2.30. The van der Waals surface area contributed by atoms with Crippen LogP contribution in [-0.4, -0.2) is 23.9 Å². The molecule has 0 amide bonds. The molecule has 3 aromatic carbocycles. The molecule has 1 aliphatic rings. The standard InChI is InChI=1S/C28H29NO4/c1-17-15-19-7-5-6-8-20(19)26(24(17)23(16-30)33-28(2,3)4)21-9-10-22-25-18(12-14-32-22)11-13-29(31)27(21)25/h5-11,13,15,23,30H,12,14,16H2,1-4H3/t23-/m1/s1. The molecule has 0 fully saturated rings. The number of benzene rings is 3. The summed E-state index contributed by atoms with van der Waals surface area (Å²) in [6.45, 7) is 8.44. The molecule has 4 aromatic rings. The summed E-state index contributed by atoms with van der Waals surface area (Å²) in [4.78, 5) is 0. The van der Waals surface area contributed by atoms with Gasteiger partial charge >= 0.3 is 0 Å². The van der Waals surface area contributed by atoms with Crippen LogP contribution in [0.1, 0.15) is 43.6 Å². The van der Waals surface area contributed by atoms with Gasteiger partial charge in [0.1, 0.15) is 11.9 Å². The molecule has 0 aliphatic carbocycles. The first-order chi connectivity index (χ1) is 15.8. The number of aliphatic hydroxyl groups excluding tert-OH is 1. The second-order valence-electron chi connectivity index (χ2n) is 9.70. The highest BCUT2D eigenvalue weighted by Crippen LogP contribution is 2.44. The first kappa shape index (κ1) is 21.7. The summed E-state index contributed by atoms with van der Waals surface area (Å²) < 4.78 is 13.2. The van der Waals surface area contributed by atoms with Crippen LogP contribution in [0, 0.1) is 12.1 Å². The second kappa shape index (κ2) is 8.01. The van der Waals surface area contributed by atoms with Crippen molar-refractivity contribution >= 4 is 21.7 Å². The van der Waals surface area contributed by atoms with Crippen LogP contribution < -0.4 is 9.47 Å². The minimum atomic E-state index is -0.535. The fourth-order valence-electron chi connectivity index (χ4n) is 5.05. The van der Waals surface area contributed by atoms with Gasteiger partial charge in [0.2, 0.25) is 5.52 Å². The molecule has 0 saturated heterocycles. The maximum absolute atomic E-state index is 13.2. The van der Waals surface area contributed by atoms with E-state index in [4.69, 9.17) is 9.47 Å².